The molecule has 160 valence electrons. The van der Waals surface area contributed by atoms with Crippen molar-refractivity contribution in [1.82, 2.24) is 15.2 Å². The van der Waals surface area contributed by atoms with Gasteiger partial charge in [-0.3, -0.25) is 4.79 Å². The van der Waals surface area contributed by atoms with Crippen LogP contribution in [-0.4, -0.2) is 50.2 Å². The zero-order valence-electron chi connectivity index (χ0n) is 17.2. The Bertz CT molecular complexity index is 1250. The van der Waals surface area contributed by atoms with Crippen LogP contribution in [0.4, 0.5) is 0 Å². The summed E-state index contributed by atoms with van der Waals surface area (Å²) < 4.78 is 28.2. The van der Waals surface area contributed by atoms with Crippen LogP contribution in [0.1, 0.15) is 16.1 Å². The van der Waals surface area contributed by atoms with Gasteiger partial charge in [0.25, 0.3) is 10.0 Å². The molecule has 1 aliphatic rings. The maximum atomic E-state index is 12.4. The van der Waals surface area contributed by atoms with E-state index >= 15 is 0 Å². The molecular formula is C22H22N4O3S2. The molecule has 2 heterocycles. The number of aromatic nitrogens is 1. The topological polar surface area (TPSA) is 91.7 Å². The quantitative estimate of drug-likeness (QED) is 0.618. The van der Waals surface area contributed by atoms with E-state index in [0.29, 0.717) is 24.4 Å². The first-order valence-corrected chi connectivity index (χ1v) is 12.1. The summed E-state index contributed by atoms with van der Waals surface area (Å²) in [6.45, 7) is 2.49. The molecule has 2 aromatic carbocycles. The molecule has 1 aromatic heterocycles. The average molecular weight is 455 g/mol. The largest absolute Gasteiger partial charge is 0.354 e. The van der Waals surface area contributed by atoms with Crippen molar-refractivity contribution in [2.75, 3.05) is 20.1 Å². The van der Waals surface area contributed by atoms with E-state index in [1.807, 2.05) is 36.6 Å². The second-order valence-corrected chi connectivity index (χ2v) is 9.93. The van der Waals surface area contributed by atoms with Crippen molar-refractivity contribution in [1.29, 1.82) is 0 Å². The Morgan fingerprint density at radius 2 is 1.87 bits per heavy atom. The van der Waals surface area contributed by atoms with Gasteiger partial charge in [0.05, 0.1) is 17.2 Å². The lowest BCUT2D eigenvalue weighted by atomic mass is 10.1. The molecule has 3 aromatic rings. The van der Waals surface area contributed by atoms with Gasteiger partial charge in [-0.1, -0.05) is 36.4 Å². The number of thiazole rings is 1. The van der Waals surface area contributed by atoms with Gasteiger partial charge in [-0.05, 0) is 31.0 Å². The Kier molecular flexibility index (Phi) is 5.88. The van der Waals surface area contributed by atoms with Gasteiger partial charge < -0.3 is 10.2 Å². The maximum absolute atomic E-state index is 12.4. The molecule has 1 N–H and O–H groups in total. The molecule has 31 heavy (non-hydrogen) atoms. The number of carbonyl (C=O) groups excluding carboxylic acids is 1. The number of fused-ring (bicyclic) bond motifs is 1. The number of sulfonamides is 1. The van der Waals surface area contributed by atoms with Crippen LogP contribution < -0.4 is 5.32 Å². The van der Waals surface area contributed by atoms with Crippen LogP contribution in [-0.2, 0) is 21.2 Å². The Labute approximate surface area is 185 Å². The molecule has 0 fully saturated rings. The first kappa shape index (κ1) is 21.2. The van der Waals surface area contributed by atoms with Crippen LogP contribution in [0.3, 0.4) is 0 Å². The predicted octanol–water partition coefficient (Wildman–Crippen LogP) is 2.86. The molecule has 0 radical (unpaired) electrons. The Morgan fingerprint density at radius 3 is 2.58 bits per heavy atom. The second-order valence-electron chi connectivity index (χ2n) is 7.29. The van der Waals surface area contributed by atoms with E-state index in [1.165, 1.54) is 6.07 Å². The minimum Gasteiger partial charge on any atom is -0.354 e. The number of hydrogen-bond donors (Lipinski definition) is 1. The number of likely N-dealkylation sites (N-methyl/N-ethyl adjacent to an activating group) is 1. The van der Waals surface area contributed by atoms with Gasteiger partial charge in [-0.15, -0.1) is 15.7 Å². The van der Waals surface area contributed by atoms with Gasteiger partial charge >= 0.3 is 0 Å². The van der Waals surface area contributed by atoms with Crippen LogP contribution in [0.2, 0.25) is 0 Å². The summed E-state index contributed by atoms with van der Waals surface area (Å²) in [5.74, 6) is 0.0974. The van der Waals surface area contributed by atoms with Gasteiger partial charge in [0.15, 0.2) is 5.84 Å². The summed E-state index contributed by atoms with van der Waals surface area (Å²) in [4.78, 5) is 18.6. The number of carbonyl (C=O) groups is 1. The molecule has 1 amide bonds. The summed E-state index contributed by atoms with van der Waals surface area (Å²) in [6, 6.07) is 14.8. The summed E-state index contributed by atoms with van der Waals surface area (Å²) in [6.07, 6.45) is 0.698. The normalized spacial score (nSPS) is 14.1. The van der Waals surface area contributed by atoms with Crippen molar-refractivity contribution < 1.29 is 13.2 Å². The predicted molar refractivity (Wildman–Crippen MR) is 122 cm³/mol. The number of aryl methyl sites for hydroxylation is 1. The summed E-state index contributed by atoms with van der Waals surface area (Å²) in [5.41, 5.74) is 3.69. The summed E-state index contributed by atoms with van der Waals surface area (Å²) in [5, 5.41) is 5.96. The lowest BCUT2D eigenvalue weighted by Crippen LogP contribution is -2.39. The van der Waals surface area contributed by atoms with Crippen molar-refractivity contribution in [2.24, 2.45) is 4.40 Å². The smallest absolute Gasteiger partial charge is 0.285 e. The first-order valence-electron chi connectivity index (χ1n) is 9.77. The molecule has 0 saturated carbocycles. The highest BCUT2D eigenvalue weighted by Gasteiger charge is 2.30. The molecule has 0 aliphatic carbocycles. The zero-order valence-corrected chi connectivity index (χ0v) is 18.8. The van der Waals surface area contributed by atoms with Gasteiger partial charge in [-0.25, -0.2) is 4.98 Å². The highest BCUT2D eigenvalue weighted by atomic mass is 32.2. The molecule has 0 atom stereocenters. The van der Waals surface area contributed by atoms with Crippen molar-refractivity contribution in [3.8, 4) is 11.3 Å². The fourth-order valence-electron chi connectivity index (χ4n) is 3.39. The SMILES string of the molecule is Cc1nc(-c2ccc(CCNC(=O)CN(C)C3=NS(=O)(=O)c4ccccc43)cc2)cs1. The standard InChI is InChI=1S/C22H22N4O3S2/c1-15-24-19(14-30-15)17-9-7-16(8-10-17)11-12-23-21(27)13-26(2)22-18-5-3-4-6-20(18)31(28,29)25-22/h3-10,14H,11-13H2,1-2H3,(H,23,27). The van der Waals surface area contributed by atoms with E-state index in [4.69, 9.17) is 0 Å². The van der Waals surface area contributed by atoms with Crippen LogP contribution >= 0.6 is 11.3 Å². The van der Waals surface area contributed by atoms with Gasteiger partial charge in [0, 0.05) is 30.1 Å². The summed E-state index contributed by atoms with van der Waals surface area (Å²) >= 11 is 1.63. The Hall–Kier alpha value is -3.04. The van der Waals surface area contributed by atoms with Crippen molar-refractivity contribution in [2.45, 2.75) is 18.2 Å². The third-order valence-corrected chi connectivity index (χ3v) is 7.06. The molecule has 4 rings (SSSR count). The third-order valence-electron chi connectivity index (χ3n) is 4.96. The maximum Gasteiger partial charge on any atom is 0.285 e. The van der Waals surface area contributed by atoms with E-state index in [2.05, 4.69) is 14.7 Å². The van der Waals surface area contributed by atoms with Crippen LogP contribution in [0.25, 0.3) is 11.3 Å². The molecule has 0 bridgehead atoms. The number of nitrogens with one attached hydrogen (secondary N) is 1. The number of amides is 1. The molecule has 0 saturated heterocycles. The highest BCUT2D eigenvalue weighted by molar-refractivity contribution is 7.90. The van der Waals surface area contributed by atoms with Gasteiger partial charge in [-0.2, -0.15) is 8.42 Å². The van der Waals surface area contributed by atoms with Crippen molar-refractivity contribution in [3.63, 3.8) is 0 Å². The molecular weight excluding hydrogens is 432 g/mol. The van der Waals surface area contributed by atoms with Crippen LogP contribution in [0.15, 0.2) is 63.2 Å². The molecule has 1 aliphatic heterocycles. The van der Waals surface area contributed by atoms with Crippen LogP contribution in [0.5, 0.6) is 0 Å². The zero-order chi connectivity index (χ0) is 22.0. The molecule has 0 spiro atoms. The minimum atomic E-state index is -3.70. The highest BCUT2D eigenvalue weighted by Crippen LogP contribution is 2.26. The molecule has 7 nitrogen and oxygen atoms in total. The number of rotatable bonds is 6. The van der Waals surface area contributed by atoms with E-state index in [1.54, 1.807) is 41.5 Å². The average Bonchev–Trinajstić information content (AvgIpc) is 3.30. The Morgan fingerprint density at radius 1 is 1.13 bits per heavy atom. The number of amidine groups is 1. The summed E-state index contributed by atoms with van der Waals surface area (Å²) in [7, 11) is -2.04. The van der Waals surface area contributed by atoms with Crippen LogP contribution in [0, 0.1) is 6.92 Å². The van der Waals surface area contributed by atoms with E-state index in [9.17, 15) is 13.2 Å². The number of benzene rings is 2. The minimum absolute atomic E-state index is 0.0187. The fourth-order valence-corrected chi connectivity index (χ4v) is 5.27. The number of hydrogen-bond acceptors (Lipinski definition) is 6. The number of nitrogens with zero attached hydrogens (tertiary/aromatic N) is 3. The molecule has 0 unspecified atom stereocenters. The monoisotopic (exact) mass is 454 g/mol. The Balaban J connectivity index is 1.30. The van der Waals surface area contributed by atoms with Crippen molar-refractivity contribution in [3.05, 3.63) is 70.0 Å². The second kappa shape index (κ2) is 8.60. The van der Waals surface area contributed by atoms with Crippen molar-refractivity contribution >= 4 is 33.1 Å². The lowest BCUT2D eigenvalue weighted by molar-refractivity contribution is -0.121. The molecule has 9 heteroatoms. The van der Waals surface area contributed by atoms with Gasteiger partial charge in [0.2, 0.25) is 5.91 Å². The van der Waals surface area contributed by atoms with Gasteiger partial charge in [0.1, 0.15) is 4.90 Å². The fraction of sp³-hybridized carbons (Fsp3) is 0.227. The first-order chi connectivity index (χ1) is 14.8. The van der Waals surface area contributed by atoms with E-state index in [0.717, 1.165) is 21.8 Å². The lowest BCUT2D eigenvalue weighted by Gasteiger charge is -2.18. The third kappa shape index (κ3) is 4.67. The van der Waals surface area contributed by atoms with E-state index < -0.39 is 10.0 Å². The van der Waals surface area contributed by atoms with E-state index in [-0.39, 0.29) is 17.3 Å².